The number of anilines is 3. The molecule has 1 N–H and O–H groups in total. The summed E-state index contributed by atoms with van der Waals surface area (Å²) in [6, 6.07) is 12.2. The van der Waals surface area contributed by atoms with Gasteiger partial charge in [-0.05, 0) is 25.6 Å². The molecule has 3 aromatic rings. The van der Waals surface area contributed by atoms with Gasteiger partial charge in [-0.15, -0.1) is 0 Å². The fourth-order valence-corrected chi connectivity index (χ4v) is 3.39. The average Bonchev–Trinajstić information content (AvgIpc) is 2.68. The molecule has 0 atom stereocenters. The number of aromatic nitrogens is 3. The summed E-state index contributed by atoms with van der Waals surface area (Å²) in [7, 11) is 0. The normalized spacial score (nSPS) is 15.4. The predicted molar refractivity (Wildman–Crippen MR) is 106 cm³/mol. The van der Waals surface area contributed by atoms with Gasteiger partial charge < -0.3 is 15.1 Å². The highest BCUT2D eigenvalue weighted by Gasteiger charge is 2.18. The summed E-state index contributed by atoms with van der Waals surface area (Å²) in [5, 5.41) is 4.46. The van der Waals surface area contributed by atoms with Crippen LogP contribution >= 0.6 is 0 Å². The molecular weight excluding hydrogens is 324 g/mol. The zero-order valence-corrected chi connectivity index (χ0v) is 15.3. The molecule has 1 saturated heterocycles. The van der Waals surface area contributed by atoms with E-state index in [4.69, 9.17) is 4.98 Å². The first-order chi connectivity index (χ1) is 12.7. The van der Waals surface area contributed by atoms with Crippen LogP contribution < -0.4 is 10.2 Å². The Hall–Kier alpha value is -2.73. The minimum Gasteiger partial charge on any atom is -0.354 e. The Labute approximate surface area is 153 Å². The second-order valence-electron chi connectivity index (χ2n) is 6.62. The van der Waals surface area contributed by atoms with Crippen molar-refractivity contribution in [2.24, 2.45) is 0 Å². The van der Waals surface area contributed by atoms with Crippen molar-refractivity contribution in [1.82, 2.24) is 19.9 Å². The molecule has 0 radical (unpaired) electrons. The maximum Gasteiger partial charge on any atom is 0.229 e. The first-order valence-electron chi connectivity index (χ1n) is 9.16. The minimum absolute atomic E-state index is 0.621. The van der Waals surface area contributed by atoms with Gasteiger partial charge in [0.1, 0.15) is 5.82 Å². The molecule has 1 aliphatic rings. The standard InChI is InChI=1S/C20H24N6/c1-3-25-10-12-26(13-11-25)18-14-15(2)22-20(24-18)23-17-8-4-6-16-7-5-9-21-19(16)17/h4-9,14H,3,10-13H2,1-2H3,(H,22,23,24). The number of pyridine rings is 1. The monoisotopic (exact) mass is 348 g/mol. The molecule has 1 aliphatic heterocycles. The number of likely N-dealkylation sites (N-methyl/N-ethyl adjacent to an activating group) is 1. The van der Waals surface area contributed by atoms with E-state index < -0.39 is 0 Å². The Morgan fingerprint density at radius 1 is 1.04 bits per heavy atom. The van der Waals surface area contributed by atoms with Crippen LogP contribution in [0.1, 0.15) is 12.6 Å². The van der Waals surface area contributed by atoms with E-state index >= 15 is 0 Å². The lowest BCUT2D eigenvalue weighted by molar-refractivity contribution is 0.270. The van der Waals surface area contributed by atoms with Gasteiger partial charge in [0.05, 0.1) is 11.2 Å². The van der Waals surface area contributed by atoms with Gasteiger partial charge in [-0.3, -0.25) is 4.98 Å². The van der Waals surface area contributed by atoms with E-state index in [1.807, 2.05) is 31.3 Å². The van der Waals surface area contributed by atoms with Crippen molar-refractivity contribution in [2.75, 3.05) is 42.9 Å². The Kier molecular flexibility index (Phi) is 4.67. The molecule has 0 saturated carbocycles. The highest BCUT2D eigenvalue weighted by molar-refractivity contribution is 5.91. The van der Waals surface area contributed by atoms with Crippen LogP contribution in [0.5, 0.6) is 0 Å². The van der Waals surface area contributed by atoms with E-state index in [1.54, 1.807) is 0 Å². The molecule has 6 nitrogen and oxygen atoms in total. The summed E-state index contributed by atoms with van der Waals surface area (Å²) in [5.41, 5.74) is 2.82. The van der Waals surface area contributed by atoms with Crippen molar-refractivity contribution in [1.29, 1.82) is 0 Å². The molecule has 3 heterocycles. The zero-order valence-electron chi connectivity index (χ0n) is 15.3. The highest BCUT2D eigenvalue weighted by atomic mass is 15.3. The van der Waals surface area contributed by atoms with Gasteiger partial charge in [-0.25, -0.2) is 4.98 Å². The summed E-state index contributed by atoms with van der Waals surface area (Å²) in [5.74, 6) is 1.61. The molecule has 1 fully saturated rings. The summed E-state index contributed by atoms with van der Waals surface area (Å²) in [4.78, 5) is 18.6. The average molecular weight is 348 g/mol. The lowest BCUT2D eigenvalue weighted by Crippen LogP contribution is -2.46. The summed E-state index contributed by atoms with van der Waals surface area (Å²) in [6.07, 6.45) is 1.81. The summed E-state index contributed by atoms with van der Waals surface area (Å²) >= 11 is 0. The maximum atomic E-state index is 4.77. The molecule has 134 valence electrons. The molecule has 0 bridgehead atoms. The number of aryl methyl sites for hydroxylation is 1. The molecule has 0 aliphatic carbocycles. The lowest BCUT2D eigenvalue weighted by Gasteiger charge is -2.34. The number of rotatable bonds is 4. The molecule has 2 aromatic heterocycles. The van der Waals surface area contributed by atoms with Crippen LogP contribution in [0.4, 0.5) is 17.5 Å². The van der Waals surface area contributed by atoms with Crippen LogP contribution in [-0.2, 0) is 0 Å². The smallest absolute Gasteiger partial charge is 0.229 e. The minimum atomic E-state index is 0.621. The molecule has 0 unspecified atom stereocenters. The van der Waals surface area contributed by atoms with Crippen LogP contribution in [-0.4, -0.2) is 52.6 Å². The predicted octanol–water partition coefficient (Wildman–Crippen LogP) is 3.22. The second kappa shape index (κ2) is 7.25. The number of para-hydroxylation sites is 1. The summed E-state index contributed by atoms with van der Waals surface area (Å²) < 4.78 is 0. The van der Waals surface area contributed by atoms with Crippen LogP contribution in [0.15, 0.2) is 42.6 Å². The van der Waals surface area contributed by atoms with Crippen molar-refractivity contribution < 1.29 is 0 Å². The van der Waals surface area contributed by atoms with Gasteiger partial charge >= 0.3 is 0 Å². The van der Waals surface area contributed by atoms with Crippen LogP contribution in [0.25, 0.3) is 10.9 Å². The summed E-state index contributed by atoms with van der Waals surface area (Å²) in [6.45, 7) is 9.49. The van der Waals surface area contributed by atoms with E-state index in [-0.39, 0.29) is 0 Å². The second-order valence-corrected chi connectivity index (χ2v) is 6.62. The maximum absolute atomic E-state index is 4.77. The SMILES string of the molecule is CCN1CCN(c2cc(C)nc(Nc3cccc4cccnc34)n2)CC1. The Morgan fingerprint density at radius 2 is 1.85 bits per heavy atom. The van der Waals surface area contributed by atoms with E-state index in [0.717, 1.165) is 60.8 Å². The molecular formula is C20H24N6. The van der Waals surface area contributed by atoms with Crippen molar-refractivity contribution in [3.05, 3.63) is 48.3 Å². The number of fused-ring (bicyclic) bond motifs is 1. The molecule has 0 amide bonds. The largest absolute Gasteiger partial charge is 0.354 e. The molecule has 6 heteroatoms. The number of hydrogen-bond donors (Lipinski definition) is 1. The van der Waals surface area contributed by atoms with E-state index in [9.17, 15) is 0 Å². The Morgan fingerprint density at radius 3 is 2.65 bits per heavy atom. The fourth-order valence-electron chi connectivity index (χ4n) is 3.39. The highest BCUT2D eigenvalue weighted by Crippen LogP contribution is 2.24. The van der Waals surface area contributed by atoms with Crippen LogP contribution in [0, 0.1) is 6.92 Å². The van der Waals surface area contributed by atoms with Crippen molar-refractivity contribution >= 4 is 28.4 Å². The molecule has 4 rings (SSSR count). The van der Waals surface area contributed by atoms with Gasteiger partial charge in [0.2, 0.25) is 5.95 Å². The Bertz CT molecular complexity index is 896. The van der Waals surface area contributed by atoms with Gasteiger partial charge in [0, 0.05) is 49.5 Å². The number of hydrogen-bond acceptors (Lipinski definition) is 6. The molecule has 26 heavy (non-hydrogen) atoms. The van der Waals surface area contributed by atoms with Gasteiger partial charge in [-0.1, -0.05) is 25.1 Å². The third-order valence-electron chi connectivity index (χ3n) is 4.86. The zero-order chi connectivity index (χ0) is 17.9. The number of nitrogens with one attached hydrogen (secondary N) is 1. The molecule has 0 spiro atoms. The lowest BCUT2D eigenvalue weighted by atomic mass is 10.2. The molecule has 1 aromatic carbocycles. The fraction of sp³-hybridized carbons (Fsp3) is 0.350. The van der Waals surface area contributed by atoms with Gasteiger partial charge in [0.15, 0.2) is 0 Å². The first-order valence-corrected chi connectivity index (χ1v) is 9.16. The third kappa shape index (κ3) is 3.46. The van der Waals surface area contributed by atoms with Gasteiger partial charge in [-0.2, -0.15) is 4.98 Å². The first kappa shape index (κ1) is 16.7. The van der Waals surface area contributed by atoms with Gasteiger partial charge in [0.25, 0.3) is 0 Å². The van der Waals surface area contributed by atoms with Crippen LogP contribution in [0.3, 0.4) is 0 Å². The Balaban J connectivity index is 1.60. The topological polar surface area (TPSA) is 57.2 Å². The quantitative estimate of drug-likeness (QED) is 0.781. The number of piperazine rings is 1. The van der Waals surface area contributed by atoms with Crippen molar-refractivity contribution in [3.8, 4) is 0 Å². The van der Waals surface area contributed by atoms with E-state index in [2.05, 4.69) is 50.2 Å². The number of nitrogens with zero attached hydrogens (tertiary/aromatic N) is 5. The van der Waals surface area contributed by atoms with Crippen molar-refractivity contribution in [3.63, 3.8) is 0 Å². The number of benzene rings is 1. The third-order valence-corrected chi connectivity index (χ3v) is 4.86. The van der Waals surface area contributed by atoms with Crippen LogP contribution in [0.2, 0.25) is 0 Å². The van der Waals surface area contributed by atoms with Crippen molar-refractivity contribution in [2.45, 2.75) is 13.8 Å². The van der Waals surface area contributed by atoms with E-state index in [1.165, 1.54) is 0 Å². The van der Waals surface area contributed by atoms with E-state index in [0.29, 0.717) is 5.95 Å².